The van der Waals surface area contributed by atoms with Crippen molar-refractivity contribution in [2.24, 2.45) is 7.05 Å². The van der Waals surface area contributed by atoms with Crippen molar-refractivity contribution >= 4 is 11.9 Å². The first-order chi connectivity index (χ1) is 8.86. The van der Waals surface area contributed by atoms with Gasteiger partial charge in [0.05, 0.1) is 5.69 Å². The van der Waals surface area contributed by atoms with E-state index in [0.717, 1.165) is 17.7 Å². The van der Waals surface area contributed by atoms with Crippen LogP contribution in [-0.4, -0.2) is 26.8 Å². The number of hydrogen-bond acceptors (Lipinski definition) is 3. The maximum absolute atomic E-state index is 11.8. The van der Waals surface area contributed by atoms with Crippen LogP contribution in [-0.2, 0) is 29.6 Å². The summed E-state index contributed by atoms with van der Waals surface area (Å²) < 4.78 is 1.70. The second-order valence-corrected chi connectivity index (χ2v) is 4.37. The average Bonchev–Trinajstić information content (AvgIpc) is 2.74. The van der Waals surface area contributed by atoms with Crippen LogP contribution in [0.15, 0.2) is 17.3 Å². The molecule has 0 radical (unpaired) electrons. The van der Waals surface area contributed by atoms with Crippen LogP contribution in [0.5, 0.6) is 0 Å². The number of rotatable bonds is 5. The molecule has 0 spiro atoms. The minimum atomic E-state index is -1.08. The molecule has 1 aromatic rings. The topological polar surface area (TPSA) is 84.2 Å². The molecule has 1 amide bonds. The zero-order valence-electron chi connectivity index (χ0n) is 11.6. The summed E-state index contributed by atoms with van der Waals surface area (Å²) in [5.74, 6) is -1.45. The molecule has 0 bridgehead atoms. The summed E-state index contributed by atoms with van der Waals surface area (Å²) in [6.07, 6.45) is 2.64. The molecule has 104 valence electrons. The summed E-state index contributed by atoms with van der Waals surface area (Å²) in [6.45, 7) is 5.26. The molecule has 1 aromatic heterocycles. The second kappa shape index (κ2) is 6.17. The third kappa shape index (κ3) is 3.67. The maximum atomic E-state index is 11.8. The fourth-order valence-electron chi connectivity index (χ4n) is 1.67. The molecule has 6 heteroatoms. The Hall–Kier alpha value is -2.11. The summed E-state index contributed by atoms with van der Waals surface area (Å²) >= 11 is 0. The molecule has 0 saturated heterocycles. The largest absolute Gasteiger partial charge is 0.478 e. The highest BCUT2D eigenvalue weighted by atomic mass is 16.4. The molecule has 1 heterocycles. The van der Waals surface area contributed by atoms with E-state index in [1.165, 1.54) is 13.8 Å². The summed E-state index contributed by atoms with van der Waals surface area (Å²) in [6, 6.07) is 0. The summed E-state index contributed by atoms with van der Waals surface area (Å²) in [5, 5.41) is 15.8. The molecule has 0 aliphatic heterocycles. The highest BCUT2D eigenvalue weighted by Crippen LogP contribution is 2.08. The van der Waals surface area contributed by atoms with Crippen molar-refractivity contribution in [1.29, 1.82) is 0 Å². The lowest BCUT2D eigenvalue weighted by molar-refractivity contribution is -0.133. The van der Waals surface area contributed by atoms with E-state index >= 15 is 0 Å². The van der Waals surface area contributed by atoms with E-state index in [1.807, 2.05) is 20.2 Å². The summed E-state index contributed by atoms with van der Waals surface area (Å²) in [4.78, 5) is 22.6. The first-order valence-corrected chi connectivity index (χ1v) is 6.07. The van der Waals surface area contributed by atoms with Crippen LogP contribution in [0, 0.1) is 0 Å². The van der Waals surface area contributed by atoms with Gasteiger partial charge in [-0.05, 0) is 20.3 Å². The molecular formula is C13H19N3O3. The number of aryl methyl sites for hydroxylation is 2. The van der Waals surface area contributed by atoms with Gasteiger partial charge in [0.15, 0.2) is 0 Å². The Labute approximate surface area is 112 Å². The number of carbonyl (C=O) groups excluding carboxylic acids is 1. The van der Waals surface area contributed by atoms with Crippen molar-refractivity contribution in [3.63, 3.8) is 0 Å². The number of carboxylic acids is 1. The van der Waals surface area contributed by atoms with Gasteiger partial charge in [-0.3, -0.25) is 9.48 Å². The minimum Gasteiger partial charge on any atom is -0.478 e. The highest BCUT2D eigenvalue weighted by Gasteiger charge is 2.13. The number of aromatic nitrogens is 2. The van der Waals surface area contributed by atoms with Gasteiger partial charge in [-0.2, -0.15) is 5.10 Å². The first-order valence-electron chi connectivity index (χ1n) is 6.07. The highest BCUT2D eigenvalue weighted by molar-refractivity contribution is 6.01. The lowest BCUT2D eigenvalue weighted by Crippen LogP contribution is -2.25. The van der Waals surface area contributed by atoms with Crippen molar-refractivity contribution in [1.82, 2.24) is 15.1 Å². The van der Waals surface area contributed by atoms with Gasteiger partial charge >= 0.3 is 5.97 Å². The number of nitrogens with one attached hydrogen (secondary N) is 1. The van der Waals surface area contributed by atoms with E-state index < -0.39 is 5.97 Å². The van der Waals surface area contributed by atoms with Crippen molar-refractivity contribution in [3.8, 4) is 0 Å². The van der Waals surface area contributed by atoms with Gasteiger partial charge < -0.3 is 10.4 Å². The molecule has 0 unspecified atom stereocenters. The second-order valence-electron chi connectivity index (χ2n) is 4.37. The van der Waals surface area contributed by atoms with Crippen molar-refractivity contribution in [3.05, 3.63) is 28.6 Å². The number of aliphatic carboxylic acids is 1. The SMILES string of the molecule is CCc1nn(C)cc1CNC(=O)/C(C)=C(/C)C(=O)O. The molecule has 1 rings (SSSR count). The zero-order valence-corrected chi connectivity index (χ0v) is 11.6. The molecule has 6 nitrogen and oxygen atoms in total. The Balaban J connectivity index is 2.74. The Morgan fingerprint density at radius 2 is 2.00 bits per heavy atom. The van der Waals surface area contributed by atoms with E-state index in [-0.39, 0.29) is 17.1 Å². The normalized spacial score (nSPS) is 12.0. The Bertz CT molecular complexity index is 529. The quantitative estimate of drug-likeness (QED) is 0.778. The number of hydrogen-bond donors (Lipinski definition) is 2. The first kappa shape index (κ1) is 14.9. The van der Waals surface area contributed by atoms with E-state index in [9.17, 15) is 9.59 Å². The van der Waals surface area contributed by atoms with E-state index in [1.54, 1.807) is 4.68 Å². The third-order valence-corrected chi connectivity index (χ3v) is 2.99. The summed E-state index contributed by atoms with van der Waals surface area (Å²) in [5.41, 5.74) is 2.15. The van der Waals surface area contributed by atoms with Crippen LogP contribution < -0.4 is 5.32 Å². The fraction of sp³-hybridized carbons (Fsp3) is 0.462. The van der Waals surface area contributed by atoms with Crippen LogP contribution in [0.1, 0.15) is 32.0 Å². The van der Waals surface area contributed by atoms with Gasteiger partial charge in [0.1, 0.15) is 0 Å². The van der Waals surface area contributed by atoms with Crippen LogP contribution in [0.25, 0.3) is 0 Å². The van der Waals surface area contributed by atoms with E-state index in [2.05, 4.69) is 10.4 Å². The van der Waals surface area contributed by atoms with Gasteiger partial charge in [0.2, 0.25) is 5.91 Å². The number of carboxylic acid groups (broad SMARTS) is 1. The van der Waals surface area contributed by atoms with Crippen molar-refractivity contribution < 1.29 is 14.7 Å². The Kier molecular flexibility index (Phi) is 4.86. The van der Waals surface area contributed by atoms with Crippen LogP contribution >= 0.6 is 0 Å². The standard InChI is InChI=1S/C13H19N3O3/c1-5-11-10(7-16(4)15-11)6-14-12(17)8(2)9(3)13(18)19/h7H,5-6H2,1-4H3,(H,14,17)(H,18,19)/b9-8-. The molecule has 0 aromatic carbocycles. The van der Waals surface area contributed by atoms with Crippen LogP contribution in [0.4, 0.5) is 0 Å². The number of nitrogens with zero attached hydrogens (tertiary/aromatic N) is 2. The molecule has 0 atom stereocenters. The predicted octanol–water partition coefficient (Wildman–Crippen LogP) is 1.02. The molecule has 0 saturated carbocycles. The van der Waals surface area contributed by atoms with Gasteiger partial charge in [-0.1, -0.05) is 6.92 Å². The van der Waals surface area contributed by atoms with Crippen molar-refractivity contribution in [2.45, 2.75) is 33.7 Å². The van der Waals surface area contributed by atoms with Gasteiger partial charge in [0.25, 0.3) is 0 Å². The number of carbonyl (C=O) groups is 2. The van der Waals surface area contributed by atoms with Gasteiger partial charge in [-0.25, -0.2) is 4.79 Å². The predicted molar refractivity (Wildman–Crippen MR) is 70.4 cm³/mol. The van der Waals surface area contributed by atoms with E-state index in [4.69, 9.17) is 5.11 Å². The molecule has 19 heavy (non-hydrogen) atoms. The third-order valence-electron chi connectivity index (χ3n) is 2.99. The molecule has 2 N–H and O–H groups in total. The van der Waals surface area contributed by atoms with Crippen LogP contribution in [0.2, 0.25) is 0 Å². The minimum absolute atomic E-state index is 0.0550. The fourth-order valence-corrected chi connectivity index (χ4v) is 1.67. The summed E-state index contributed by atoms with van der Waals surface area (Å²) in [7, 11) is 1.82. The van der Waals surface area contributed by atoms with Crippen LogP contribution in [0.3, 0.4) is 0 Å². The Morgan fingerprint density at radius 3 is 2.53 bits per heavy atom. The zero-order chi connectivity index (χ0) is 14.6. The maximum Gasteiger partial charge on any atom is 0.331 e. The molecule has 0 aliphatic rings. The average molecular weight is 265 g/mol. The Morgan fingerprint density at radius 1 is 1.37 bits per heavy atom. The van der Waals surface area contributed by atoms with Gasteiger partial charge in [0, 0.05) is 36.5 Å². The van der Waals surface area contributed by atoms with E-state index in [0.29, 0.717) is 6.54 Å². The monoisotopic (exact) mass is 265 g/mol. The molecule has 0 aliphatic carbocycles. The lowest BCUT2D eigenvalue weighted by atomic mass is 10.1. The molecule has 0 fully saturated rings. The smallest absolute Gasteiger partial charge is 0.331 e. The van der Waals surface area contributed by atoms with Gasteiger partial charge in [-0.15, -0.1) is 0 Å². The lowest BCUT2D eigenvalue weighted by Gasteiger charge is -2.06. The number of amides is 1. The van der Waals surface area contributed by atoms with Crippen molar-refractivity contribution in [2.75, 3.05) is 0 Å². The molecular weight excluding hydrogens is 246 g/mol.